The van der Waals surface area contributed by atoms with Crippen molar-refractivity contribution in [1.82, 2.24) is 16.0 Å². The van der Waals surface area contributed by atoms with Gasteiger partial charge in [-0.15, -0.1) is 0 Å². The average Bonchev–Trinajstić information content (AvgIpc) is 2.75. The van der Waals surface area contributed by atoms with Crippen molar-refractivity contribution in [2.45, 2.75) is 57.7 Å². The van der Waals surface area contributed by atoms with Gasteiger partial charge in [-0.25, -0.2) is 4.79 Å². The quantitative estimate of drug-likeness (QED) is 0.180. The van der Waals surface area contributed by atoms with Crippen LogP contribution in [0.5, 0.6) is 5.75 Å². The lowest BCUT2D eigenvalue weighted by molar-refractivity contribution is -0.143. The molecule has 0 radical (unpaired) electrons. The number of carboxylic acids is 2. The standard InChI is InChI=1S/C22H32N4O8/c1-12(2)9-17(22(33)34)26-21(32)16(7-8-19(29)30)25-18(28)11-24-20(31)15(23)10-13-3-5-14(27)6-4-13/h3-6,12,15-17,27H,7-11,23H2,1-2H3,(H,24,31)(H,25,28)(H,26,32)(H,29,30)(H,33,34). The number of rotatable bonds is 14. The third-order valence-electron chi connectivity index (χ3n) is 4.77. The van der Waals surface area contributed by atoms with E-state index in [4.69, 9.17) is 10.8 Å². The number of carbonyl (C=O) groups is 5. The second-order valence-corrected chi connectivity index (χ2v) is 8.28. The third kappa shape index (κ3) is 10.8. The Morgan fingerprint density at radius 2 is 1.56 bits per heavy atom. The normalized spacial score (nSPS) is 13.4. The number of aromatic hydroxyl groups is 1. The van der Waals surface area contributed by atoms with Crippen molar-refractivity contribution in [2.75, 3.05) is 6.54 Å². The summed E-state index contributed by atoms with van der Waals surface area (Å²) in [6.45, 7) is 3.04. The van der Waals surface area contributed by atoms with Crippen LogP contribution in [0.15, 0.2) is 24.3 Å². The molecule has 0 aliphatic rings. The first kappa shape index (κ1) is 28.4. The molecule has 1 aromatic carbocycles. The van der Waals surface area contributed by atoms with E-state index < -0.39 is 60.8 Å². The minimum Gasteiger partial charge on any atom is -0.508 e. The molecule has 0 aromatic heterocycles. The van der Waals surface area contributed by atoms with Crippen LogP contribution in [0, 0.1) is 5.92 Å². The Morgan fingerprint density at radius 3 is 2.09 bits per heavy atom. The highest BCUT2D eigenvalue weighted by Gasteiger charge is 2.27. The van der Waals surface area contributed by atoms with Gasteiger partial charge in [0.05, 0.1) is 12.6 Å². The maximum atomic E-state index is 12.6. The molecule has 8 N–H and O–H groups in total. The summed E-state index contributed by atoms with van der Waals surface area (Å²) in [6, 6.07) is 2.62. The number of carbonyl (C=O) groups excluding carboxylic acids is 3. The van der Waals surface area contributed by atoms with Crippen molar-refractivity contribution >= 4 is 29.7 Å². The Bertz CT molecular complexity index is 872. The van der Waals surface area contributed by atoms with E-state index in [-0.39, 0.29) is 30.9 Å². The smallest absolute Gasteiger partial charge is 0.326 e. The number of hydrogen-bond acceptors (Lipinski definition) is 7. The number of aliphatic carboxylic acids is 2. The van der Waals surface area contributed by atoms with Crippen LogP contribution in [0.2, 0.25) is 0 Å². The topological polar surface area (TPSA) is 208 Å². The number of amides is 3. The molecule has 3 atom stereocenters. The summed E-state index contributed by atoms with van der Waals surface area (Å²) in [7, 11) is 0. The monoisotopic (exact) mass is 480 g/mol. The highest BCUT2D eigenvalue weighted by molar-refractivity contribution is 5.92. The lowest BCUT2D eigenvalue weighted by Crippen LogP contribution is -2.54. The second kappa shape index (κ2) is 13.8. The Balaban J connectivity index is 2.68. The van der Waals surface area contributed by atoms with Crippen LogP contribution in [-0.2, 0) is 30.4 Å². The predicted molar refractivity (Wildman–Crippen MR) is 121 cm³/mol. The van der Waals surface area contributed by atoms with Gasteiger partial charge in [-0.3, -0.25) is 19.2 Å². The molecule has 188 valence electrons. The molecule has 1 rings (SSSR count). The van der Waals surface area contributed by atoms with Gasteiger partial charge in [0.1, 0.15) is 17.8 Å². The first-order chi connectivity index (χ1) is 15.9. The number of phenols is 1. The van der Waals surface area contributed by atoms with E-state index in [1.165, 1.54) is 12.1 Å². The third-order valence-corrected chi connectivity index (χ3v) is 4.77. The molecular formula is C22H32N4O8. The maximum absolute atomic E-state index is 12.6. The van der Waals surface area contributed by atoms with Gasteiger partial charge in [0, 0.05) is 6.42 Å². The van der Waals surface area contributed by atoms with E-state index in [0.717, 1.165) is 0 Å². The summed E-state index contributed by atoms with van der Waals surface area (Å²) >= 11 is 0. The molecule has 0 fully saturated rings. The van der Waals surface area contributed by atoms with Crippen LogP contribution >= 0.6 is 0 Å². The van der Waals surface area contributed by atoms with Crippen molar-refractivity contribution in [2.24, 2.45) is 11.7 Å². The van der Waals surface area contributed by atoms with Crippen molar-refractivity contribution in [3.63, 3.8) is 0 Å². The van der Waals surface area contributed by atoms with Crippen LogP contribution in [0.3, 0.4) is 0 Å². The summed E-state index contributed by atoms with van der Waals surface area (Å²) < 4.78 is 0. The summed E-state index contributed by atoms with van der Waals surface area (Å²) in [5, 5.41) is 34.5. The molecule has 0 bridgehead atoms. The second-order valence-electron chi connectivity index (χ2n) is 8.28. The fourth-order valence-corrected chi connectivity index (χ4v) is 3.02. The molecule has 0 heterocycles. The maximum Gasteiger partial charge on any atom is 0.326 e. The van der Waals surface area contributed by atoms with Crippen molar-refractivity contribution in [3.8, 4) is 5.75 Å². The SMILES string of the molecule is CC(C)CC(NC(=O)C(CCC(=O)O)NC(=O)CNC(=O)C(N)Cc1ccc(O)cc1)C(=O)O. The minimum atomic E-state index is -1.31. The highest BCUT2D eigenvalue weighted by atomic mass is 16.4. The Hall–Kier alpha value is -3.67. The fourth-order valence-electron chi connectivity index (χ4n) is 3.02. The van der Waals surface area contributed by atoms with Crippen LogP contribution in [0.1, 0.15) is 38.7 Å². The molecule has 0 aliphatic carbocycles. The summed E-state index contributed by atoms with van der Waals surface area (Å²) in [4.78, 5) is 59.4. The van der Waals surface area contributed by atoms with E-state index in [1.807, 2.05) is 0 Å². The zero-order valence-corrected chi connectivity index (χ0v) is 19.1. The summed E-state index contributed by atoms with van der Waals surface area (Å²) in [6.07, 6.45) is -0.404. The first-order valence-electron chi connectivity index (χ1n) is 10.7. The van der Waals surface area contributed by atoms with Crippen LogP contribution in [-0.4, -0.2) is 69.7 Å². The van der Waals surface area contributed by atoms with E-state index in [2.05, 4.69) is 16.0 Å². The van der Waals surface area contributed by atoms with Gasteiger partial charge in [-0.1, -0.05) is 26.0 Å². The fraction of sp³-hybridized carbons (Fsp3) is 0.500. The van der Waals surface area contributed by atoms with E-state index in [0.29, 0.717) is 5.56 Å². The molecule has 1 aromatic rings. The molecule has 0 saturated carbocycles. The van der Waals surface area contributed by atoms with Gasteiger partial charge < -0.3 is 37.0 Å². The zero-order chi connectivity index (χ0) is 25.8. The Labute approximate surface area is 196 Å². The van der Waals surface area contributed by atoms with E-state index >= 15 is 0 Å². The molecule has 3 unspecified atom stereocenters. The molecular weight excluding hydrogens is 448 g/mol. The summed E-state index contributed by atoms with van der Waals surface area (Å²) in [5.41, 5.74) is 6.53. The Morgan fingerprint density at radius 1 is 0.941 bits per heavy atom. The number of nitrogens with two attached hydrogens (primary N) is 1. The van der Waals surface area contributed by atoms with Gasteiger partial charge in [0.25, 0.3) is 0 Å². The lowest BCUT2D eigenvalue weighted by atomic mass is 10.0. The van der Waals surface area contributed by atoms with Crippen molar-refractivity contribution in [1.29, 1.82) is 0 Å². The first-order valence-corrected chi connectivity index (χ1v) is 10.7. The minimum absolute atomic E-state index is 0.0329. The van der Waals surface area contributed by atoms with Crippen LogP contribution < -0.4 is 21.7 Å². The van der Waals surface area contributed by atoms with Gasteiger partial charge in [-0.05, 0) is 42.9 Å². The van der Waals surface area contributed by atoms with E-state index in [9.17, 15) is 34.2 Å². The molecule has 34 heavy (non-hydrogen) atoms. The predicted octanol–water partition coefficient (Wildman–Crippen LogP) is -0.657. The molecule has 12 nitrogen and oxygen atoms in total. The van der Waals surface area contributed by atoms with Gasteiger partial charge >= 0.3 is 11.9 Å². The average molecular weight is 481 g/mol. The number of phenolic OH excluding ortho intramolecular Hbond substituents is 1. The molecule has 0 saturated heterocycles. The molecule has 12 heteroatoms. The van der Waals surface area contributed by atoms with Gasteiger partial charge in [0.2, 0.25) is 17.7 Å². The van der Waals surface area contributed by atoms with Crippen LogP contribution in [0.25, 0.3) is 0 Å². The summed E-state index contributed by atoms with van der Waals surface area (Å²) in [5.74, 6) is -4.65. The largest absolute Gasteiger partial charge is 0.508 e. The Kier molecular flexibility index (Phi) is 11.5. The lowest BCUT2D eigenvalue weighted by Gasteiger charge is -2.22. The number of hydrogen-bond donors (Lipinski definition) is 7. The molecule has 3 amide bonds. The van der Waals surface area contributed by atoms with E-state index in [1.54, 1.807) is 26.0 Å². The highest BCUT2D eigenvalue weighted by Crippen LogP contribution is 2.11. The van der Waals surface area contributed by atoms with Gasteiger partial charge in [-0.2, -0.15) is 0 Å². The van der Waals surface area contributed by atoms with Crippen molar-refractivity contribution in [3.05, 3.63) is 29.8 Å². The number of carboxylic acid groups (broad SMARTS) is 2. The number of nitrogens with one attached hydrogen (secondary N) is 3. The van der Waals surface area contributed by atoms with Crippen molar-refractivity contribution < 1.29 is 39.3 Å². The molecule has 0 spiro atoms. The van der Waals surface area contributed by atoms with Gasteiger partial charge in [0.15, 0.2) is 0 Å². The zero-order valence-electron chi connectivity index (χ0n) is 19.1. The van der Waals surface area contributed by atoms with Crippen LogP contribution in [0.4, 0.5) is 0 Å². The molecule has 0 aliphatic heterocycles. The number of benzene rings is 1.